The summed E-state index contributed by atoms with van der Waals surface area (Å²) in [5.41, 5.74) is 5.91. The number of carbonyl (C=O) groups is 4. The van der Waals surface area contributed by atoms with Crippen LogP contribution in [0.25, 0.3) is 0 Å². The molecule has 1 unspecified atom stereocenters. The van der Waals surface area contributed by atoms with Crippen molar-refractivity contribution in [3.63, 3.8) is 0 Å². The molecular formula is C56H68FN7O4. The summed E-state index contributed by atoms with van der Waals surface area (Å²) in [5.74, 6) is -0.836. The Hall–Kier alpha value is -6.37. The molecule has 7 rings (SSSR count). The largest absolute Gasteiger partial charge is 0.363 e. The molecule has 2 fully saturated rings. The number of anilines is 3. The molecule has 11 nitrogen and oxygen atoms in total. The molecule has 0 radical (unpaired) electrons. The fourth-order valence-corrected chi connectivity index (χ4v) is 10.0. The van der Waals surface area contributed by atoms with Crippen molar-refractivity contribution in [2.75, 3.05) is 41.7 Å². The van der Waals surface area contributed by atoms with Crippen molar-refractivity contribution in [1.29, 1.82) is 0 Å². The van der Waals surface area contributed by atoms with Crippen LogP contribution >= 0.6 is 0 Å². The standard InChI is InChI=1S/C56H68FN7O4/c1-7-61(39(3)4)51(43-17-11-9-12-18-43)55(67)63-35-15-21-49(63)53(65)58-46-29-23-41(24-30-46)37-60(48-33-27-45(57)28-34-48)38-42-25-31-47(32-26-42)59-54(66)50-22-16-36-64(50)56(68)52(62(8-2)40(5)6)44-19-13-10-14-20-44/h9-14,17-20,23-34,39-40,49-52H,7-8,15-16,21-22,35-38H2,1-6H3,(H,58,65)(H,59,66)/t49-,50-,51+,52?/m0/s1. The lowest BCUT2D eigenvalue weighted by atomic mass is 10.0. The molecule has 68 heavy (non-hydrogen) atoms. The number of likely N-dealkylation sites (N-methyl/N-ethyl adjacent to an activating group) is 2. The second kappa shape index (κ2) is 23.1. The van der Waals surface area contributed by atoms with E-state index in [4.69, 9.17) is 0 Å². The Labute approximate surface area is 402 Å². The second-order valence-corrected chi connectivity index (χ2v) is 18.6. The number of carbonyl (C=O) groups excluding carboxylic acids is 4. The average Bonchev–Trinajstić information content (AvgIpc) is 4.05. The van der Waals surface area contributed by atoms with Gasteiger partial charge in [-0.1, -0.05) is 98.8 Å². The van der Waals surface area contributed by atoms with Crippen LogP contribution in [0.1, 0.15) is 102 Å². The van der Waals surface area contributed by atoms with Crippen LogP contribution < -0.4 is 15.5 Å². The van der Waals surface area contributed by atoms with Gasteiger partial charge in [0.15, 0.2) is 0 Å². The molecule has 5 aromatic carbocycles. The predicted molar refractivity (Wildman–Crippen MR) is 269 cm³/mol. The van der Waals surface area contributed by atoms with Crippen molar-refractivity contribution in [3.05, 3.63) is 162 Å². The minimum atomic E-state index is -0.575. The highest BCUT2D eigenvalue weighted by Gasteiger charge is 2.41. The molecule has 2 saturated heterocycles. The zero-order valence-corrected chi connectivity index (χ0v) is 40.5. The van der Waals surface area contributed by atoms with Crippen molar-refractivity contribution in [2.45, 2.75) is 117 Å². The van der Waals surface area contributed by atoms with E-state index in [-0.39, 0.29) is 41.5 Å². The molecule has 2 N–H and O–H groups in total. The van der Waals surface area contributed by atoms with Crippen LogP contribution in [0.3, 0.4) is 0 Å². The van der Waals surface area contributed by atoms with Crippen LogP contribution in [0.4, 0.5) is 21.5 Å². The van der Waals surface area contributed by atoms with Crippen molar-refractivity contribution in [1.82, 2.24) is 19.6 Å². The summed E-state index contributed by atoms with van der Waals surface area (Å²) >= 11 is 0. The molecule has 5 aromatic rings. The van der Waals surface area contributed by atoms with E-state index < -0.39 is 24.2 Å². The van der Waals surface area contributed by atoms with Gasteiger partial charge in [-0.05, 0) is 137 Å². The highest BCUT2D eigenvalue weighted by molar-refractivity contribution is 5.99. The molecular weight excluding hydrogens is 854 g/mol. The molecule has 4 amide bonds. The highest BCUT2D eigenvalue weighted by Crippen LogP contribution is 2.32. The van der Waals surface area contributed by atoms with E-state index in [1.165, 1.54) is 12.1 Å². The highest BCUT2D eigenvalue weighted by atomic mass is 19.1. The summed E-state index contributed by atoms with van der Waals surface area (Å²) in [5, 5.41) is 6.17. The number of nitrogens with zero attached hydrogens (tertiary/aromatic N) is 5. The fourth-order valence-electron chi connectivity index (χ4n) is 10.0. The summed E-state index contributed by atoms with van der Waals surface area (Å²) in [6.45, 7) is 15.9. The van der Waals surface area contributed by atoms with Gasteiger partial charge in [0.05, 0.1) is 0 Å². The topological polar surface area (TPSA) is 109 Å². The van der Waals surface area contributed by atoms with Gasteiger partial charge in [0.1, 0.15) is 30.0 Å². The predicted octanol–water partition coefficient (Wildman–Crippen LogP) is 9.83. The second-order valence-electron chi connectivity index (χ2n) is 18.6. The number of likely N-dealkylation sites (tertiary alicyclic amines) is 2. The van der Waals surface area contributed by atoms with E-state index in [2.05, 4.69) is 66.9 Å². The smallest absolute Gasteiger partial charge is 0.247 e. The van der Waals surface area contributed by atoms with Gasteiger partial charge in [-0.3, -0.25) is 29.0 Å². The summed E-state index contributed by atoms with van der Waals surface area (Å²) in [6, 6.07) is 39.6. The Kier molecular flexibility index (Phi) is 16.8. The normalized spacial score (nSPS) is 16.9. The maximum absolute atomic E-state index is 14.3. The molecule has 2 heterocycles. The summed E-state index contributed by atoms with van der Waals surface area (Å²) in [4.78, 5) is 66.4. The van der Waals surface area contributed by atoms with Crippen LogP contribution in [0, 0.1) is 5.82 Å². The van der Waals surface area contributed by atoms with Gasteiger partial charge < -0.3 is 25.3 Å². The molecule has 0 aromatic heterocycles. The van der Waals surface area contributed by atoms with E-state index in [0.29, 0.717) is 63.5 Å². The van der Waals surface area contributed by atoms with E-state index in [0.717, 1.165) is 40.8 Å². The molecule has 0 spiro atoms. The molecule has 4 atom stereocenters. The first-order chi connectivity index (χ1) is 32.9. The third-order valence-electron chi connectivity index (χ3n) is 13.5. The van der Waals surface area contributed by atoms with Gasteiger partial charge in [0.25, 0.3) is 0 Å². The Morgan fingerprint density at radius 2 is 0.941 bits per heavy atom. The third-order valence-corrected chi connectivity index (χ3v) is 13.5. The van der Waals surface area contributed by atoms with Crippen molar-refractivity contribution in [3.8, 4) is 0 Å². The van der Waals surface area contributed by atoms with Gasteiger partial charge in [-0.2, -0.15) is 0 Å². The van der Waals surface area contributed by atoms with Crippen LogP contribution in [-0.2, 0) is 32.3 Å². The zero-order valence-electron chi connectivity index (χ0n) is 40.5. The van der Waals surface area contributed by atoms with Gasteiger partial charge >= 0.3 is 0 Å². The summed E-state index contributed by atoms with van der Waals surface area (Å²) in [6.07, 6.45) is 2.69. The van der Waals surface area contributed by atoms with Crippen LogP contribution in [0.2, 0.25) is 0 Å². The molecule has 12 heteroatoms. The summed E-state index contributed by atoms with van der Waals surface area (Å²) < 4.78 is 14.1. The lowest BCUT2D eigenvalue weighted by molar-refractivity contribution is -0.142. The van der Waals surface area contributed by atoms with E-state index in [9.17, 15) is 23.6 Å². The lowest BCUT2D eigenvalue weighted by Gasteiger charge is -2.37. The maximum atomic E-state index is 14.3. The molecule has 2 aliphatic heterocycles. The quantitative estimate of drug-likeness (QED) is 0.0850. The van der Waals surface area contributed by atoms with Crippen LogP contribution in [0.5, 0.6) is 0 Å². The number of nitrogens with one attached hydrogen (secondary N) is 2. The Morgan fingerprint density at radius 3 is 1.29 bits per heavy atom. The van der Waals surface area contributed by atoms with Crippen molar-refractivity contribution >= 4 is 40.7 Å². The van der Waals surface area contributed by atoms with Crippen molar-refractivity contribution < 1.29 is 23.6 Å². The minimum absolute atomic E-state index is 0.0535. The van der Waals surface area contributed by atoms with Crippen LogP contribution in [-0.4, -0.2) is 93.6 Å². The monoisotopic (exact) mass is 922 g/mol. The van der Waals surface area contributed by atoms with Gasteiger partial charge in [0, 0.05) is 55.3 Å². The van der Waals surface area contributed by atoms with E-state index >= 15 is 0 Å². The zero-order chi connectivity index (χ0) is 48.3. The van der Waals surface area contributed by atoms with Gasteiger partial charge in [-0.15, -0.1) is 0 Å². The number of rotatable bonds is 19. The third kappa shape index (κ3) is 11.8. The van der Waals surface area contributed by atoms with Gasteiger partial charge in [0.2, 0.25) is 23.6 Å². The SMILES string of the molecule is CCN(C(C)C)C(C(=O)N1CCC[C@H]1C(=O)Nc1ccc(CN(Cc2ccc(NC(=O)[C@@H]3CCCN3C(=O)[C@@H](c3ccccc3)N(CC)C(C)C)cc2)c2ccc(F)cc2)cc1)c1ccccc1. The number of amides is 4. The molecule has 2 aliphatic rings. The fraction of sp³-hybridized carbons (Fsp3) is 0.393. The number of benzene rings is 5. The molecule has 0 bridgehead atoms. The lowest BCUT2D eigenvalue weighted by Crippen LogP contribution is -2.50. The summed E-state index contributed by atoms with van der Waals surface area (Å²) in [7, 11) is 0. The number of halogens is 1. The Balaban J connectivity index is 0.997. The van der Waals surface area contributed by atoms with E-state index in [1.807, 2.05) is 109 Å². The average molecular weight is 922 g/mol. The van der Waals surface area contributed by atoms with E-state index in [1.54, 1.807) is 21.9 Å². The minimum Gasteiger partial charge on any atom is -0.363 e. The number of hydrogen-bond donors (Lipinski definition) is 2. The van der Waals surface area contributed by atoms with Crippen molar-refractivity contribution in [2.24, 2.45) is 0 Å². The van der Waals surface area contributed by atoms with Crippen LogP contribution in [0.15, 0.2) is 133 Å². The molecule has 358 valence electrons. The number of hydrogen-bond acceptors (Lipinski definition) is 7. The first-order valence-corrected chi connectivity index (χ1v) is 24.4. The van der Waals surface area contributed by atoms with Gasteiger partial charge in [-0.25, -0.2) is 4.39 Å². The molecule has 0 saturated carbocycles. The maximum Gasteiger partial charge on any atom is 0.247 e. The first-order valence-electron chi connectivity index (χ1n) is 24.4. The Bertz CT molecular complexity index is 2280. The first kappa shape index (κ1) is 49.5. The Morgan fingerprint density at radius 1 is 0.559 bits per heavy atom. The molecule has 0 aliphatic carbocycles.